The summed E-state index contributed by atoms with van der Waals surface area (Å²) in [6, 6.07) is -2.69. The Hall–Kier alpha value is -3.18. The van der Waals surface area contributed by atoms with E-state index < -0.39 is 47.4 Å². The third-order valence-electron chi connectivity index (χ3n) is 10.6. The first kappa shape index (κ1) is 36.7. The van der Waals surface area contributed by atoms with Crippen LogP contribution in [0.2, 0.25) is 0 Å². The van der Waals surface area contributed by atoms with Crippen LogP contribution in [-0.4, -0.2) is 83.3 Å². The van der Waals surface area contributed by atoms with E-state index in [-0.39, 0.29) is 54.0 Å². The van der Waals surface area contributed by atoms with Gasteiger partial charge >= 0.3 is 6.09 Å². The minimum Gasteiger partial charge on any atom is -0.444 e. The summed E-state index contributed by atoms with van der Waals surface area (Å²) in [5.74, 6) is -2.98. The van der Waals surface area contributed by atoms with Gasteiger partial charge in [-0.25, -0.2) is 4.79 Å². The molecule has 0 spiro atoms. The van der Waals surface area contributed by atoms with Gasteiger partial charge in [0.15, 0.2) is 0 Å². The summed E-state index contributed by atoms with van der Waals surface area (Å²) in [6.45, 7) is 11.3. The summed E-state index contributed by atoms with van der Waals surface area (Å²) in [7, 11) is 0. The van der Waals surface area contributed by atoms with Gasteiger partial charge in [-0.1, -0.05) is 65.7 Å². The van der Waals surface area contributed by atoms with Gasteiger partial charge in [-0.3, -0.25) is 24.0 Å². The first-order valence-corrected chi connectivity index (χ1v) is 17.9. The predicted octanol–water partition coefficient (Wildman–Crippen LogP) is 3.36. The predicted molar refractivity (Wildman–Crippen MR) is 176 cm³/mol. The van der Waals surface area contributed by atoms with E-state index in [0.717, 1.165) is 64.2 Å². The highest BCUT2D eigenvalue weighted by Crippen LogP contribution is 2.65. The number of likely N-dealkylation sites (tertiary alicyclic amines) is 1. The fraction of sp³-hybridized carbons (Fsp3) is 0.829. The molecule has 3 aliphatic carbocycles. The van der Waals surface area contributed by atoms with Crippen molar-refractivity contribution < 1.29 is 33.5 Å². The molecule has 0 aromatic heterocycles. The molecule has 0 radical (unpaired) electrons. The van der Waals surface area contributed by atoms with Gasteiger partial charge in [0.05, 0.1) is 12.6 Å². The van der Waals surface area contributed by atoms with Crippen molar-refractivity contribution in [2.45, 2.75) is 148 Å². The summed E-state index contributed by atoms with van der Waals surface area (Å²) in [5.41, 5.74) is -0.913. The molecule has 0 aromatic rings. The van der Waals surface area contributed by atoms with Gasteiger partial charge in [0.2, 0.25) is 23.5 Å². The number of rotatable bonds is 12. The molecule has 3 saturated carbocycles. The maximum atomic E-state index is 14.3. The quantitative estimate of drug-likeness (QED) is 0.234. The monoisotopic (exact) mass is 659 g/mol. The van der Waals surface area contributed by atoms with Crippen LogP contribution in [0.15, 0.2) is 0 Å². The Balaban J connectivity index is 1.44. The number of piperidine rings is 1. The van der Waals surface area contributed by atoms with Crippen molar-refractivity contribution >= 4 is 35.5 Å². The van der Waals surface area contributed by atoms with E-state index in [2.05, 4.69) is 35.1 Å². The van der Waals surface area contributed by atoms with Crippen molar-refractivity contribution in [2.24, 2.45) is 23.2 Å². The molecule has 4 rings (SSSR count). The lowest BCUT2D eigenvalue weighted by Crippen LogP contribution is -2.60. The van der Waals surface area contributed by atoms with Crippen LogP contribution >= 0.6 is 0 Å². The molecular weight excluding hydrogens is 602 g/mol. The molecule has 12 heteroatoms. The van der Waals surface area contributed by atoms with Crippen LogP contribution in [0, 0.1) is 23.2 Å². The fourth-order valence-corrected chi connectivity index (χ4v) is 8.02. The molecule has 47 heavy (non-hydrogen) atoms. The molecule has 4 N–H and O–H groups in total. The second-order valence-corrected chi connectivity index (χ2v) is 15.7. The largest absolute Gasteiger partial charge is 0.444 e. The summed E-state index contributed by atoms with van der Waals surface area (Å²) in [6.07, 6.45) is 9.72. The highest BCUT2D eigenvalue weighted by Gasteiger charge is 2.69. The smallest absolute Gasteiger partial charge is 0.408 e. The fourth-order valence-electron chi connectivity index (χ4n) is 8.02. The van der Waals surface area contributed by atoms with Crippen LogP contribution in [-0.2, 0) is 28.7 Å². The number of hydrogen-bond acceptors (Lipinski definition) is 7. The topological polar surface area (TPSA) is 163 Å². The van der Waals surface area contributed by atoms with Crippen molar-refractivity contribution in [3.8, 4) is 0 Å². The van der Waals surface area contributed by atoms with Crippen LogP contribution in [0.4, 0.5) is 4.79 Å². The maximum Gasteiger partial charge on any atom is 0.408 e. The van der Waals surface area contributed by atoms with Crippen molar-refractivity contribution in [2.75, 3.05) is 13.1 Å². The SMILES string of the molecule is CCCC(NC(=O)[C@@H]1[C@@H]2[C@H](CN1C(=O)[C@@H](NC(=O)OC(C)(C)C)C1CCCCC1)C2(C)C)C(=O)C(=O)NCC(=O)NC1CCCCC1. The highest BCUT2D eigenvalue weighted by molar-refractivity contribution is 6.38. The van der Waals surface area contributed by atoms with Gasteiger partial charge in [-0.2, -0.15) is 0 Å². The molecule has 1 unspecified atom stereocenters. The molecule has 0 aromatic carbocycles. The summed E-state index contributed by atoms with van der Waals surface area (Å²) in [5, 5.41) is 11.0. The second-order valence-electron chi connectivity index (χ2n) is 15.7. The van der Waals surface area contributed by atoms with Gasteiger partial charge in [-0.05, 0) is 76.0 Å². The molecule has 264 valence electrons. The Morgan fingerprint density at radius 3 is 2.11 bits per heavy atom. The second kappa shape index (κ2) is 15.4. The third-order valence-corrected chi connectivity index (χ3v) is 10.6. The van der Waals surface area contributed by atoms with Crippen LogP contribution < -0.4 is 21.3 Å². The van der Waals surface area contributed by atoms with E-state index in [9.17, 15) is 28.8 Å². The number of carbonyl (C=O) groups is 6. The molecule has 1 aliphatic heterocycles. The number of ketones is 1. The number of nitrogens with zero attached hydrogens (tertiary/aromatic N) is 1. The van der Waals surface area contributed by atoms with Crippen LogP contribution in [0.5, 0.6) is 0 Å². The molecule has 5 amide bonds. The van der Waals surface area contributed by atoms with Gasteiger partial charge in [0.25, 0.3) is 5.91 Å². The van der Waals surface area contributed by atoms with Crippen molar-refractivity contribution in [1.82, 2.24) is 26.2 Å². The molecule has 4 fully saturated rings. The van der Waals surface area contributed by atoms with Gasteiger partial charge < -0.3 is 30.9 Å². The first-order valence-electron chi connectivity index (χ1n) is 17.9. The Bertz CT molecular complexity index is 1190. The van der Waals surface area contributed by atoms with Crippen LogP contribution in [0.3, 0.4) is 0 Å². The summed E-state index contributed by atoms with van der Waals surface area (Å²) in [4.78, 5) is 81.3. The normalized spacial score (nSPS) is 25.5. The van der Waals surface area contributed by atoms with Gasteiger partial charge in [0.1, 0.15) is 17.7 Å². The Morgan fingerprint density at radius 1 is 0.894 bits per heavy atom. The molecule has 1 saturated heterocycles. The lowest BCUT2D eigenvalue weighted by molar-refractivity contribution is -0.145. The number of hydrogen-bond donors (Lipinski definition) is 4. The highest BCUT2D eigenvalue weighted by atomic mass is 16.6. The van der Waals surface area contributed by atoms with E-state index in [1.807, 2.05) is 6.92 Å². The number of Topliss-reactive ketones (excluding diaryl/α,β-unsaturated/α-hetero) is 1. The number of carbonyl (C=O) groups excluding carboxylic acids is 6. The van der Waals surface area contributed by atoms with Gasteiger partial charge in [0, 0.05) is 12.6 Å². The molecular formula is C35H57N5O7. The van der Waals surface area contributed by atoms with Crippen molar-refractivity contribution in [3.63, 3.8) is 0 Å². The average Bonchev–Trinajstić information content (AvgIpc) is 3.33. The minimum atomic E-state index is -1.10. The zero-order valence-corrected chi connectivity index (χ0v) is 29.2. The van der Waals surface area contributed by atoms with E-state index in [4.69, 9.17) is 4.74 Å². The minimum absolute atomic E-state index is 0.0779. The molecule has 1 heterocycles. The molecule has 0 bridgehead atoms. The van der Waals surface area contributed by atoms with E-state index in [0.29, 0.717) is 13.0 Å². The van der Waals surface area contributed by atoms with Gasteiger partial charge in [-0.15, -0.1) is 0 Å². The van der Waals surface area contributed by atoms with Crippen molar-refractivity contribution in [3.05, 3.63) is 0 Å². The number of amides is 5. The standard InChI is InChI=1S/C35H57N5O7/c1-7-14-24(29(42)31(44)36-19-25(41)37-22-17-12-9-13-18-22)38-30(43)28-26-23(35(26,5)6)20-40(28)32(45)27(21-15-10-8-11-16-21)39-33(46)47-34(2,3)4/h21-24,26-28H,7-20H2,1-6H3,(H,36,44)(H,37,41)(H,38,43)(H,39,46)/t23-,24?,26-,27-,28-/m0/s1. The Morgan fingerprint density at radius 2 is 1.51 bits per heavy atom. The number of ether oxygens (including phenoxy) is 1. The zero-order valence-electron chi connectivity index (χ0n) is 29.2. The molecule has 4 aliphatic rings. The van der Waals surface area contributed by atoms with E-state index >= 15 is 0 Å². The van der Waals surface area contributed by atoms with Crippen LogP contribution in [0.25, 0.3) is 0 Å². The molecule has 12 nitrogen and oxygen atoms in total. The summed E-state index contributed by atoms with van der Waals surface area (Å²) < 4.78 is 5.51. The third kappa shape index (κ3) is 9.25. The lowest BCUT2D eigenvalue weighted by atomic mass is 9.83. The zero-order chi connectivity index (χ0) is 34.5. The average molecular weight is 660 g/mol. The number of fused-ring (bicyclic) bond motifs is 1. The van der Waals surface area contributed by atoms with E-state index in [1.54, 1.807) is 25.7 Å². The van der Waals surface area contributed by atoms with Crippen molar-refractivity contribution in [1.29, 1.82) is 0 Å². The lowest BCUT2D eigenvalue weighted by Gasteiger charge is -2.37. The number of nitrogens with one attached hydrogen (secondary N) is 4. The Kier molecular flexibility index (Phi) is 12.0. The maximum absolute atomic E-state index is 14.3. The molecule has 5 atom stereocenters. The first-order chi connectivity index (χ1) is 22.1. The van der Waals surface area contributed by atoms with E-state index in [1.165, 1.54) is 0 Å². The number of alkyl carbamates (subject to hydrolysis) is 1. The Labute approximate surface area is 279 Å². The van der Waals surface area contributed by atoms with Crippen LogP contribution in [0.1, 0.15) is 119 Å². The summed E-state index contributed by atoms with van der Waals surface area (Å²) >= 11 is 0.